The molecule has 1 atom stereocenters. The van der Waals surface area contributed by atoms with Crippen molar-refractivity contribution in [1.29, 1.82) is 0 Å². The van der Waals surface area contributed by atoms with Crippen LogP contribution in [0.4, 0.5) is 5.69 Å². The Hall–Kier alpha value is -3.35. The lowest BCUT2D eigenvalue weighted by molar-refractivity contribution is -0.132. The van der Waals surface area contributed by atoms with Crippen molar-refractivity contribution in [2.24, 2.45) is 0 Å². The van der Waals surface area contributed by atoms with Gasteiger partial charge in [0.25, 0.3) is 11.7 Å². The number of pyridine rings is 1. The first-order valence-corrected chi connectivity index (χ1v) is 9.59. The van der Waals surface area contributed by atoms with Gasteiger partial charge in [-0.1, -0.05) is 35.3 Å². The van der Waals surface area contributed by atoms with Gasteiger partial charge < -0.3 is 10.2 Å². The molecule has 0 spiro atoms. The number of anilines is 1. The second kappa shape index (κ2) is 7.82. The van der Waals surface area contributed by atoms with Crippen LogP contribution in [0.2, 0.25) is 10.0 Å². The molecule has 1 amide bonds. The summed E-state index contributed by atoms with van der Waals surface area (Å²) in [6, 6.07) is 12.7. The van der Waals surface area contributed by atoms with E-state index in [9.17, 15) is 19.8 Å². The van der Waals surface area contributed by atoms with Crippen molar-refractivity contribution in [2.75, 3.05) is 4.90 Å². The van der Waals surface area contributed by atoms with Gasteiger partial charge in [0, 0.05) is 33.7 Å². The highest BCUT2D eigenvalue weighted by Crippen LogP contribution is 2.43. The van der Waals surface area contributed by atoms with Gasteiger partial charge in [-0.25, -0.2) is 0 Å². The van der Waals surface area contributed by atoms with Gasteiger partial charge in [0.2, 0.25) is 0 Å². The van der Waals surface area contributed by atoms with E-state index in [2.05, 4.69) is 4.98 Å². The fourth-order valence-corrected chi connectivity index (χ4v) is 3.97. The third kappa shape index (κ3) is 3.51. The number of amides is 1. The summed E-state index contributed by atoms with van der Waals surface area (Å²) in [5.41, 5.74) is 0.933. The first-order valence-electron chi connectivity index (χ1n) is 8.83. The van der Waals surface area contributed by atoms with Crippen LogP contribution >= 0.6 is 23.2 Å². The van der Waals surface area contributed by atoms with Gasteiger partial charge in [0.15, 0.2) is 0 Å². The summed E-state index contributed by atoms with van der Waals surface area (Å²) in [4.78, 5) is 31.1. The summed E-state index contributed by atoms with van der Waals surface area (Å²) in [6.07, 6.45) is 2.93. The molecule has 2 N–H and O–H groups in total. The zero-order valence-corrected chi connectivity index (χ0v) is 16.8. The highest BCUT2D eigenvalue weighted by Gasteiger charge is 2.47. The van der Waals surface area contributed by atoms with Crippen LogP contribution in [0.5, 0.6) is 5.75 Å². The molecular weight excluding hydrogens is 427 g/mol. The normalized spacial score (nSPS) is 18.1. The largest absolute Gasteiger partial charge is 0.508 e. The Balaban J connectivity index is 1.98. The van der Waals surface area contributed by atoms with Crippen molar-refractivity contribution < 1.29 is 19.8 Å². The summed E-state index contributed by atoms with van der Waals surface area (Å²) in [7, 11) is 0. The molecule has 0 saturated carbocycles. The summed E-state index contributed by atoms with van der Waals surface area (Å²) >= 11 is 12.2. The van der Waals surface area contributed by atoms with Crippen molar-refractivity contribution in [3.05, 3.63) is 93.7 Å². The number of rotatable bonds is 3. The summed E-state index contributed by atoms with van der Waals surface area (Å²) in [5, 5.41) is 21.5. The quantitative estimate of drug-likeness (QED) is 0.349. The fraction of sp³-hybridized carbons (Fsp3) is 0.0455. The van der Waals surface area contributed by atoms with Crippen LogP contribution in [-0.4, -0.2) is 26.9 Å². The highest BCUT2D eigenvalue weighted by molar-refractivity contribution is 6.52. The van der Waals surface area contributed by atoms with Crippen LogP contribution in [0.25, 0.3) is 5.76 Å². The Morgan fingerprint density at radius 3 is 2.27 bits per heavy atom. The Morgan fingerprint density at radius 1 is 0.967 bits per heavy atom. The predicted octanol–water partition coefficient (Wildman–Crippen LogP) is 4.72. The molecule has 2 heterocycles. The number of phenols is 1. The standard InChI is InChI=1S/C22H14Cl2N2O4/c23-14-9-15(24)11-16(10-14)26-19(13-2-1-3-17(27)8-13)18(21(29)22(26)30)20(28)12-4-6-25-7-5-12/h1-11,19,27-28H/b20-18+. The van der Waals surface area contributed by atoms with Gasteiger partial charge >= 0.3 is 0 Å². The molecule has 1 unspecified atom stereocenters. The van der Waals surface area contributed by atoms with Crippen LogP contribution in [0, 0.1) is 0 Å². The molecule has 4 rings (SSSR count). The Bertz CT molecular complexity index is 1170. The van der Waals surface area contributed by atoms with E-state index in [0.29, 0.717) is 11.1 Å². The maximum atomic E-state index is 13.0. The number of Topliss-reactive ketones (excluding diaryl/α,β-unsaturated/α-hetero) is 1. The monoisotopic (exact) mass is 440 g/mol. The molecule has 0 aliphatic carbocycles. The van der Waals surface area contributed by atoms with Crippen LogP contribution in [0.15, 0.2) is 72.6 Å². The number of carbonyl (C=O) groups is 2. The van der Waals surface area contributed by atoms with Crippen molar-refractivity contribution in [3.8, 4) is 5.75 Å². The molecular formula is C22H14Cl2N2O4. The Kier molecular flexibility index (Phi) is 5.20. The van der Waals surface area contributed by atoms with Crippen molar-refractivity contribution in [2.45, 2.75) is 6.04 Å². The maximum absolute atomic E-state index is 13.0. The Labute approximate surface area is 181 Å². The zero-order chi connectivity index (χ0) is 21.4. The summed E-state index contributed by atoms with van der Waals surface area (Å²) in [6.45, 7) is 0. The second-order valence-corrected chi connectivity index (χ2v) is 7.50. The molecule has 1 aliphatic rings. The van der Waals surface area contributed by atoms with Gasteiger partial charge in [-0.15, -0.1) is 0 Å². The van der Waals surface area contributed by atoms with Crippen LogP contribution in [0.1, 0.15) is 17.2 Å². The lowest BCUT2D eigenvalue weighted by atomic mass is 9.95. The first-order chi connectivity index (χ1) is 14.4. The number of hydrogen-bond acceptors (Lipinski definition) is 5. The lowest BCUT2D eigenvalue weighted by Crippen LogP contribution is -2.29. The number of halogens is 2. The van der Waals surface area contributed by atoms with Gasteiger partial charge in [-0.3, -0.25) is 19.5 Å². The second-order valence-electron chi connectivity index (χ2n) is 6.63. The molecule has 3 aromatic rings. The van der Waals surface area contributed by atoms with E-state index in [-0.39, 0.29) is 32.8 Å². The van der Waals surface area contributed by atoms with Crippen LogP contribution in [0.3, 0.4) is 0 Å². The Morgan fingerprint density at radius 2 is 1.63 bits per heavy atom. The summed E-state index contributed by atoms with van der Waals surface area (Å²) < 4.78 is 0. The minimum Gasteiger partial charge on any atom is -0.508 e. The van der Waals surface area contributed by atoms with E-state index in [1.165, 1.54) is 59.8 Å². The molecule has 1 fully saturated rings. The third-order valence-electron chi connectivity index (χ3n) is 4.71. The van der Waals surface area contributed by atoms with Gasteiger partial charge in [-0.2, -0.15) is 0 Å². The third-order valence-corrected chi connectivity index (χ3v) is 5.15. The fourth-order valence-electron chi connectivity index (χ4n) is 3.45. The van der Waals surface area contributed by atoms with E-state index in [0.717, 1.165) is 0 Å². The molecule has 1 saturated heterocycles. The van der Waals surface area contributed by atoms with E-state index >= 15 is 0 Å². The van der Waals surface area contributed by atoms with E-state index in [1.54, 1.807) is 12.1 Å². The minimum atomic E-state index is -1.00. The smallest absolute Gasteiger partial charge is 0.300 e. The van der Waals surface area contributed by atoms with E-state index < -0.39 is 17.7 Å². The number of ketones is 1. The number of aliphatic hydroxyl groups is 1. The van der Waals surface area contributed by atoms with Crippen LogP contribution in [-0.2, 0) is 9.59 Å². The molecule has 1 aliphatic heterocycles. The van der Waals surface area contributed by atoms with E-state index in [1.807, 2.05) is 0 Å². The number of benzene rings is 2. The van der Waals surface area contributed by atoms with Crippen molar-refractivity contribution in [1.82, 2.24) is 4.98 Å². The van der Waals surface area contributed by atoms with E-state index in [4.69, 9.17) is 23.2 Å². The topological polar surface area (TPSA) is 90.7 Å². The minimum absolute atomic E-state index is 0.0499. The molecule has 0 bridgehead atoms. The molecule has 6 nitrogen and oxygen atoms in total. The predicted molar refractivity (Wildman–Crippen MR) is 114 cm³/mol. The highest BCUT2D eigenvalue weighted by atomic mass is 35.5. The van der Waals surface area contributed by atoms with Gasteiger partial charge in [-0.05, 0) is 48.0 Å². The van der Waals surface area contributed by atoms with Crippen molar-refractivity contribution in [3.63, 3.8) is 0 Å². The van der Waals surface area contributed by atoms with Gasteiger partial charge in [0.05, 0.1) is 11.6 Å². The average Bonchev–Trinajstić information content (AvgIpc) is 2.98. The first kappa shape index (κ1) is 19.9. The number of aromatic nitrogens is 1. The number of phenolic OH excluding ortho intramolecular Hbond substituents is 1. The van der Waals surface area contributed by atoms with Gasteiger partial charge in [0.1, 0.15) is 11.5 Å². The molecule has 150 valence electrons. The van der Waals surface area contributed by atoms with Crippen molar-refractivity contribution >= 4 is 46.3 Å². The number of carbonyl (C=O) groups excluding carboxylic acids is 2. The number of nitrogens with zero attached hydrogens (tertiary/aromatic N) is 2. The lowest BCUT2D eigenvalue weighted by Gasteiger charge is -2.26. The summed E-state index contributed by atoms with van der Waals surface area (Å²) in [5.74, 6) is -2.11. The molecule has 0 radical (unpaired) electrons. The zero-order valence-electron chi connectivity index (χ0n) is 15.3. The number of aromatic hydroxyl groups is 1. The molecule has 30 heavy (non-hydrogen) atoms. The van der Waals surface area contributed by atoms with Crippen LogP contribution < -0.4 is 4.90 Å². The average molecular weight is 441 g/mol. The molecule has 1 aromatic heterocycles. The SMILES string of the molecule is O=C1C(=O)N(c2cc(Cl)cc(Cl)c2)C(c2cccc(O)c2)/C1=C(\O)c1ccncc1. The number of hydrogen-bond donors (Lipinski definition) is 2. The molecule has 8 heteroatoms. The maximum Gasteiger partial charge on any atom is 0.300 e. The number of aliphatic hydroxyl groups excluding tert-OH is 1. The molecule has 2 aromatic carbocycles.